The number of hydrogen-bond acceptors (Lipinski definition) is 4. The Bertz CT molecular complexity index is 564. The first-order valence-electron chi connectivity index (χ1n) is 4.41. The molecule has 0 saturated carbocycles. The molecule has 0 saturated heterocycles. The molecule has 2 aromatic rings. The summed E-state index contributed by atoms with van der Waals surface area (Å²) in [6, 6.07) is 5.22. The minimum atomic E-state index is -0.542. The molecule has 0 fully saturated rings. The number of nitrogens with two attached hydrogens (primary N) is 1. The summed E-state index contributed by atoms with van der Waals surface area (Å²) in [4.78, 5) is 14.9. The number of amides is 1. The Morgan fingerprint density at radius 3 is 2.75 bits per heavy atom. The SMILES string of the molecule is N#Cc1ccc(-n2cc(C(N)=O)cn2)nc1. The molecule has 6 nitrogen and oxygen atoms in total. The Labute approximate surface area is 90.9 Å². The normalized spacial score (nSPS) is 9.69. The molecule has 6 heteroatoms. The lowest BCUT2D eigenvalue weighted by atomic mass is 10.3. The van der Waals surface area contributed by atoms with Gasteiger partial charge in [0, 0.05) is 12.4 Å². The Balaban J connectivity index is 2.36. The van der Waals surface area contributed by atoms with Crippen LogP contribution in [-0.2, 0) is 0 Å². The zero-order valence-electron chi connectivity index (χ0n) is 8.16. The Hall–Kier alpha value is -2.68. The molecule has 0 unspecified atom stereocenters. The molecule has 16 heavy (non-hydrogen) atoms. The lowest BCUT2D eigenvalue weighted by Crippen LogP contribution is -2.09. The summed E-state index contributed by atoms with van der Waals surface area (Å²) in [5, 5.41) is 12.5. The Kier molecular flexibility index (Phi) is 2.36. The highest BCUT2D eigenvalue weighted by atomic mass is 16.1. The maximum atomic E-state index is 10.9. The molecule has 0 radical (unpaired) electrons. The second-order valence-corrected chi connectivity index (χ2v) is 3.05. The molecule has 78 valence electrons. The zero-order valence-corrected chi connectivity index (χ0v) is 8.16. The van der Waals surface area contributed by atoms with Crippen LogP contribution in [0.3, 0.4) is 0 Å². The van der Waals surface area contributed by atoms with Crippen molar-refractivity contribution in [1.82, 2.24) is 14.8 Å². The van der Waals surface area contributed by atoms with E-state index in [4.69, 9.17) is 11.0 Å². The molecule has 2 rings (SSSR count). The predicted octanol–water partition coefficient (Wildman–Crippen LogP) is 0.238. The molecule has 0 spiro atoms. The van der Waals surface area contributed by atoms with Gasteiger partial charge in [0.05, 0.1) is 17.3 Å². The van der Waals surface area contributed by atoms with Gasteiger partial charge in [0.1, 0.15) is 6.07 Å². The van der Waals surface area contributed by atoms with E-state index in [0.717, 1.165) is 0 Å². The van der Waals surface area contributed by atoms with E-state index in [1.807, 2.05) is 6.07 Å². The van der Waals surface area contributed by atoms with Crippen LogP contribution in [0.1, 0.15) is 15.9 Å². The van der Waals surface area contributed by atoms with Gasteiger partial charge >= 0.3 is 0 Å². The Morgan fingerprint density at radius 2 is 2.25 bits per heavy atom. The van der Waals surface area contributed by atoms with Crippen molar-refractivity contribution in [2.75, 3.05) is 0 Å². The van der Waals surface area contributed by atoms with E-state index in [9.17, 15) is 4.79 Å². The fraction of sp³-hybridized carbons (Fsp3) is 0. The number of pyridine rings is 1. The number of primary amides is 1. The van der Waals surface area contributed by atoms with Crippen molar-refractivity contribution in [2.45, 2.75) is 0 Å². The van der Waals surface area contributed by atoms with E-state index in [1.54, 1.807) is 12.1 Å². The lowest BCUT2D eigenvalue weighted by Gasteiger charge is -1.98. The van der Waals surface area contributed by atoms with Crippen molar-refractivity contribution in [3.63, 3.8) is 0 Å². The first-order valence-corrected chi connectivity index (χ1v) is 4.41. The molecule has 2 heterocycles. The molecular formula is C10H7N5O. The number of carbonyl (C=O) groups is 1. The van der Waals surface area contributed by atoms with Crippen LogP contribution in [0.5, 0.6) is 0 Å². The van der Waals surface area contributed by atoms with E-state index in [0.29, 0.717) is 16.9 Å². The van der Waals surface area contributed by atoms with Crippen molar-refractivity contribution in [3.8, 4) is 11.9 Å². The lowest BCUT2D eigenvalue weighted by molar-refractivity contribution is 0.100. The van der Waals surface area contributed by atoms with Gasteiger partial charge in [0.2, 0.25) is 0 Å². The molecule has 1 amide bonds. The number of hydrogen-bond donors (Lipinski definition) is 1. The highest BCUT2D eigenvalue weighted by Crippen LogP contribution is 2.05. The summed E-state index contributed by atoms with van der Waals surface area (Å²) in [6.45, 7) is 0. The number of carbonyl (C=O) groups excluding carboxylic acids is 1. The number of rotatable bonds is 2. The fourth-order valence-corrected chi connectivity index (χ4v) is 1.16. The first-order chi connectivity index (χ1) is 7.70. The van der Waals surface area contributed by atoms with Crippen LogP contribution in [0, 0.1) is 11.3 Å². The second-order valence-electron chi connectivity index (χ2n) is 3.05. The van der Waals surface area contributed by atoms with Gasteiger partial charge in [0.15, 0.2) is 5.82 Å². The third kappa shape index (κ3) is 1.74. The Morgan fingerprint density at radius 1 is 1.44 bits per heavy atom. The van der Waals surface area contributed by atoms with Crippen molar-refractivity contribution in [1.29, 1.82) is 5.26 Å². The molecule has 0 aliphatic rings. The van der Waals surface area contributed by atoms with E-state index in [-0.39, 0.29) is 0 Å². The summed E-state index contributed by atoms with van der Waals surface area (Å²) in [5.74, 6) is -0.0219. The van der Waals surface area contributed by atoms with Crippen LogP contribution >= 0.6 is 0 Å². The van der Waals surface area contributed by atoms with Crippen LogP contribution in [0.2, 0.25) is 0 Å². The van der Waals surface area contributed by atoms with Crippen LogP contribution in [0.4, 0.5) is 0 Å². The predicted molar refractivity (Wildman–Crippen MR) is 54.6 cm³/mol. The van der Waals surface area contributed by atoms with Crippen LogP contribution in [0.25, 0.3) is 5.82 Å². The van der Waals surface area contributed by atoms with E-state index < -0.39 is 5.91 Å². The van der Waals surface area contributed by atoms with Gasteiger partial charge in [-0.1, -0.05) is 0 Å². The molecule has 0 atom stereocenters. The molecule has 0 aromatic carbocycles. The van der Waals surface area contributed by atoms with Crippen molar-refractivity contribution in [2.24, 2.45) is 5.73 Å². The van der Waals surface area contributed by atoms with E-state index in [1.165, 1.54) is 23.3 Å². The molecule has 2 aromatic heterocycles. The smallest absolute Gasteiger partial charge is 0.251 e. The zero-order chi connectivity index (χ0) is 11.5. The third-order valence-corrected chi connectivity index (χ3v) is 1.98. The maximum absolute atomic E-state index is 10.9. The minimum absolute atomic E-state index is 0.311. The van der Waals surface area contributed by atoms with Gasteiger partial charge in [-0.05, 0) is 12.1 Å². The van der Waals surface area contributed by atoms with Crippen molar-refractivity contribution >= 4 is 5.91 Å². The van der Waals surface area contributed by atoms with Gasteiger partial charge < -0.3 is 5.73 Å². The highest BCUT2D eigenvalue weighted by Gasteiger charge is 2.05. The topological polar surface area (TPSA) is 97.6 Å². The molecule has 2 N–H and O–H groups in total. The average Bonchev–Trinajstić information content (AvgIpc) is 2.78. The van der Waals surface area contributed by atoms with Gasteiger partial charge in [-0.3, -0.25) is 4.79 Å². The summed E-state index contributed by atoms with van der Waals surface area (Å²) < 4.78 is 1.42. The highest BCUT2D eigenvalue weighted by molar-refractivity contribution is 5.92. The summed E-state index contributed by atoms with van der Waals surface area (Å²) in [7, 11) is 0. The van der Waals surface area contributed by atoms with Gasteiger partial charge in [-0.2, -0.15) is 10.4 Å². The second kappa shape index (κ2) is 3.82. The molecule has 0 aliphatic carbocycles. The summed E-state index contributed by atoms with van der Waals surface area (Å²) in [5.41, 5.74) is 5.87. The van der Waals surface area contributed by atoms with Gasteiger partial charge in [0.25, 0.3) is 5.91 Å². The first kappa shape index (κ1) is 9.86. The van der Waals surface area contributed by atoms with Crippen molar-refractivity contribution < 1.29 is 4.79 Å². The standard InChI is InChI=1S/C10H7N5O/c11-3-7-1-2-9(13-4-7)15-6-8(5-14-15)10(12)16/h1-2,4-6H,(H2,12,16). The monoisotopic (exact) mass is 213 g/mol. The summed E-state index contributed by atoms with van der Waals surface area (Å²) in [6.07, 6.45) is 4.28. The third-order valence-electron chi connectivity index (χ3n) is 1.98. The van der Waals surface area contributed by atoms with E-state index in [2.05, 4.69) is 10.1 Å². The maximum Gasteiger partial charge on any atom is 0.251 e. The molecule has 0 bridgehead atoms. The summed E-state index contributed by atoms with van der Waals surface area (Å²) >= 11 is 0. The quantitative estimate of drug-likeness (QED) is 0.772. The fourth-order valence-electron chi connectivity index (χ4n) is 1.16. The number of aromatic nitrogens is 3. The molecular weight excluding hydrogens is 206 g/mol. The number of nitriles is 1. The molecule has 0 aliphatic heterocycles. The van der Waals surface area contributed by atoms with Crippen LogP contribution in [-0.4, -0.2) is 20.7 Å². The van der Waals surface area contributed by atoms with Gasteiger partial charge in [-0.15, -0.1) is 0 Å². The number of nitrogens with zero attached hydrogens (tertiary/aromatic N) is 4. The minimum Gasteiger partial charge on any atom is -0.366 e. The van der Waals surface area contributed by atoms with Crippen molar-refractivity contribution in [3.05, 3.63) is 41.9 Å². The van der Waals surface area contributed by atoms with Crippen LogP contribution in [0.15, 0.2) is 30.7 Å². The van der Waals surface area contributed by atoms with E-state index >= 15 is 0 Å². The van der Waals surface area contributed by atoms with Gasteiger partial charge in [-0.25, -0.2) is 9.67 Å². The van der Waals surface area contributed by atoms with Crippen LogP contribution < -0.4 is 5.73 Å². The largest absolute Gasteiger partial charge is 0.366 e. The average molecular weight is 213 g/mol.